The Morgan fingerprint density at radius 1 is 0.684 bits per heavy atom. The van der Waals surface area contributed by atoms with Crippen LogP contribution in [0.25, 0.3) is 16.8 Å². The Balaban J connectivity index is 1.84. The molecule has 0 nitrogen and oxygen atoms in total. The van der Waals surface area contributed by atoms with Crippen LogP contribution in [0.1, 0.15) is 11.1 Å². The van der Waals surface area contributed by atoms with Gasteiger partial charge < -0.3 is 0 Å². The van der Waals surface area contributed by atoms with Crippen molar-refractivity contribution in [1.82, 2.24) is 0 Å². The predicted molar refractivity (Wildman–Crippen MR) is 83.1 cm³/mol. The topological polar surface area (TPSA) is 0 Å². The highest BCUT2D eigenvalue weighted by atomic mass is 14.0. The molecule has 0 heterocycles. The maximum atomic E-state index is 2.23. The van der Waals surface area contributed by atoms with Crippen LogP contribution in [0.15, 0.2) is 78.9 Å². The molecule has 0 aliphatic carbocycles. The summed E-state index contributed by atoms with van der Waals surface area (Å²) in [5.41, 5.74) is 2.63. The number of rotatable bonds is 3. The summed E-state index contributed by atoms with van der Waals surface area (Å²) in [6, 6.07) is 25.5. The Morgan fingerprint density at radius 3 is 2.32 bits per heavy atom. The van der Waals surface area contributed by atoms with Crippen LogP contribution in [0.4, 0.5) is 0 Å². The maximum Gasteiger partial charge on any atom is -0.00880 e. The number of fused-ring (bicyclic) bond motifs is 1. The first kappa shape index (κ1) is 11.7. The van der Waals surface area contributed by atoms with Crippen molar-refractivity contribution in [3.63, 3.8) is 0 Å². The predicted octanol–water partition coefficient (Wildman–Crippen LogP) is 5.10. The van der Waals surface area contributed by atoms with Crippen LogP contribution >= 0.6 is 0 Å². The van der Waals surface area contributed by atoms with E-state index < -0.39 is 0 Å². The zero-order valence-electron chi connectivity index (χ0n) is 10.8. The monoisotopic (exact) mass is 244 g/mol. The van der Waals surface area contributed by atoms with E-state index in [1.54, 1.807) is 0 Å². The zero-order chi connectivity index (χ0) is 12.9. The number of allylic oxidation sites excluding steroid dienone is 1. The summed E-state index contributed by atoms with van der Waals surface area (Å²) >= 11 is 0. The minimum absolute atomic E-state index is 0.968. The van der Waals surface area contributed by atoms with Gasteiger partial charge in [-0.15, -0.1) is 0 Å². The molecule has 0 amide bonds. The van der Waals surface area contributed by atoms with Gasteiger partial charge in [0.05, 0.1) is 0 Å². The highest BCUT2D eigenvalue weighted by Crippen LogP contribution is 2.19. The third-order valence-corrected chi connectivity index (χ3v) is 3.33. The molecular weight excluding hydrogens is 228 g/mol. The van der Waals surface area contributed by atoms with Gasteiger partial charge in [-0.3, -0.25) is 0 Å². The summed E-state index contributed by atoms with van der Waals surface area (Å²) < 4.78 is 0. The highest BCUT2D eigenvalue weighted by Gasteiger charge is 1.97. The van der Waals surface area contributed by atoms with E-state index in [1.165, 1.54) is 21.9 Å². The highest BCUT2D eigenvalue weighted by molar-refractivity contribution is 5.85. The molecule has 3 aromatic carbocycles. The number of benzene rings is 3. The van der Waals surface area contributed by atoms with Gasteiger partial charge in [0.1, 0.15) is 0 Å². The quantitative estimate of drug-likeness (QED) is 0.601. The molecule has 3 aromatic rings. The second-order valence-electron chi connectivity index (χ2n) is 4.66. The fourth-order valence-corrected chi connectivity index (χ4v) is 2.36. The van der Waals surface area contributed by atoms with Gasteiger partial charge in [-0.2, -0.15) is 0 Å². The summed E-state index contributed by atoms with van der Waals surface area (Å²) in [5.74, 6) is 0. The molecule has 3 rings (SSSR count). The van der Waals surface area contributed by atoms with Crippen molar-refractivity contribution < 1.29 is 0 Å². The lowest BCUT2D eigenvalue weighted by Gasteiger charge is -2.03. The Hall–Kier alpha value is -2.34. The van der Waals surface area contributed by atoms with Gasteiger partial charge in [0.25, 0.3) is 0 Å². The van der Waals surface area contributed by atoms with Gasteiger partial charge in [0, 0.05) is 0 Å². The van der Waals surface area contributed by atoms with Crippen molar-refractivity contribution >= 4 is 16.8 Å². The Kier molecular flexibility index (Phi) is 3.42. The van der Waals surface area contributed by atoms with Crippen molar-refractivity contribution in [3.8, 4) is 0 Å². The van der Waals surface area contributed by atoms with Crippen molar-refractivity contribution in [2.75, 3.05) is 0 Å². The Bertz CT molecular complexity index is 688. The first-order chi connectivity index (χ1) is 9.43. The fourth-order valence-electron chi connectivity index (χ4n) is 2.36. The number of hydrogen-bond donors (Lipinski definition) is 0. The molecule has 0 saturated heterocycles. The van der Waals surface area contributed by atoms with E-state index in [2.05, 4.69) is 78.9 Å². The summed E-state index contributed by atoms with van der Waals surface area (Å²) in [7, 11) is 0. The van der Waals surface area contributed by atoms with Crippen molar-refractivity contribution in [1.29, 1.82) is 0 Å². The van der Waals surface area contributed by atoms with Gasteiger partial charge in [0.2, 0.25) is 0 Å². The lowest BCUT2D eigenvalue weighted by molar-refractivity contribution is 1.31. The van der Waals surface area contributed by atoms with E-state index in [9.17, 15) is 0 Å². The minimum Gasteiger partial charge on any atom is -0.0795 e. The van der Waals surface area contributed by atoms with E-state index in [4.69, 9.17) is 0 Å². The van der Waals surface area contributed by atoms with Gasteiger partial charge >= 0.3 is 0 Å². The second kappa shape index (κ2) is 5.53. The van der Waals surface area contributed by atoms with Gasteiger partial charge in [-0.1, -0.05) is 84.9 Å². The van der Waals surface area contributed by atoms with Crippen LogP contribution < -0.4 is 0 Å². The van der Waals surface area contributed by atoms with Crippen LogP contribution in [-0.2, 0) is 6.42 Å². The molecule has 0 aliphatic rings. The SMILES string of the molecule is C(=Cc1ccccc1)Cc1cccc2ccccc12. The molecule has 0 saturated carbocycles. The van der Waals surface area contributed by atoms with E-state index in [0.717, 1.165) is 6.42 Å². The first-order valence-corrected chi connectivity index (χ1v) is 6.62. The minimum atomic E-state index is 0.968. The Labute approximate surface area is 114 Å². The zero-order valence-corrected chi connectivity index (χ0v) is 10.8. The third-order valence-electron chi connectivity index (χ3n) is 3.33. The molecule has 19 heavy (non-hydrogen) atoms. The maximum absolute atomic E-state index is 2.23. The van der Waals surface area contributed by atoms with Crippen LogP contribution in [0, 0.1) is 0 Å². The van der Waals surface area contributed by atoms with E-state index >= 15 is 0 Å². The van der Waals surface area contributed by atoms with Crippen LogP contribution in [0.5, 0.6) is 0 Å². The normalized spacial score (nSPS) is 11.2. The van der Waals surface area contributed by atoms with Crippen molar-refractivity contribution in [2.24, 2.45) is 0 Å². The lowest BCUT2D eigenvalue weighted by Crippen LogP contribution is -1.83. The molecule has 0 aliphatic heterocycles. The molecule has 0 unspecified atom stereocenters. The van der Waals surface area contributed by atoms with Crippen LogP contribution in [-0.4, -0.2) is 0 Å². The summed E-state index contributed by atoms with van der Waals surface area (Å²) in [6.45, 7) is 0. The molecule has 0 aromatic heterocycles. The molecular formula is C19H16. The molecule has 0 spiro atoms. The van der Waals surface area contributed by atoms with Gasteiger partial charge in [-0.25, -0.2) is 0 Å². The summed E-state index contributed by atoms with van der Waals surface area (Å²) in [4.78, 5) is 0. The molecule has 92 valence electrons. The average Bonchev–Trinajstić information content (AvgIpc) is 2.49. The van der Waals surface area contributed by atoms with Crippen molar-refractivity contribution in [2.45, 2.75) is 6.42 Å². The molecule has 0 heteroatoms. The van der Waals surface area contributed by atoms with Gasteiger partial charge in [0.15, 0.2) is 0 Å². The molecule has 0 atom stereocenters. The van der Waals surface area contributed by atoms with Crippen LogP contribution in [0.3, 0.4) is 0 Å². The molecule has 0 radical (unpaired) electrons. The largest absolute Gasteiger partial charge is 0.0795 e. The Morgan fingerprint density at radius 2 is 1.42 bits per heavy atom. The molecule has 0 N–H and O–H groups in total. The van der Waals surface area contributed by atoms with Crippen LogP contribution in [0.2, 0.25) is 0 Å². The first-order valence-electron chi connectivity index (χ1n) is 6.62. The number of hydrogen-bond acceptors (Lipinski definition) is 0. The average molecular weight is 244 g/mol. The second-order valence-corrected chi connectivity index (χ2v) is 4.66. The fraction of sp³-hybridized carbons (Fsp3) is 0.0526. The van der Waals surface area contributed by atoms with E-state index in [0.29, 0.717) is 0 Å². The standard InChI is InChI=1S/C19H16/c1-2-8-16(9-3-1)10-6-12-18-14-7-13-17-11-4-5-15-19(17)18/h1-11,13-15H,12H2. The summed E-state index contributed by atoms with van der Waals surface area (Å²) in [5, 5.41) is 2.66. The smallest absolute Gasteiger partial charge is 0.00880 e. The van der Waals surface area contributed by atoms with E-state index in [-0.39, 0.29) is 0 Å². The third kappa shape index (κ3) is 2.74. The van der Waals surface area contributed by atoms with Crippen molar-refractivity contribution in [3.05, 3.63) is 90.0 Å². The summed E-state index contributed by atoms with van der Waals surface area (Å²) in [6.07, 6.45) is 5.38. The van der Waals surface area contributed by atoms with E-state index in [1.807, 2.05) is 6.07 Å². The molecule has 0 bridgehead atoms. The lowest BCUT2D eigenvalue weighted by atomic mass is 10.0. The molecule has 0 fully saturated rings. The van der Waals surface area contributed by atoms with Gasteiger partial charge in [-0.05, 0) is 28.3 Å².